The zero-order valence-corrected chi connectivity index (χ0v) is 10.5. The molecule has 0 unspecified atom stereocenters. The lowest BCUT2D eigenvalue weighted by Crippen LogP contribution is -2.11. The van der Waals surface area contributed by atoms with E-state index in [2.05, 4.69) is 20.2 Å². The molecule has 0 fully saturated rings. The fourth-order valence-corrected chi connectivity index (χ4v) is 2.04. The van der Waals surface area contributed by atoms with Gasteiger partial charge in [-0.25, -0.2) is 4.98 Å². The fraction of sp³-hybridized carbons (Fsp3) is 0.111. The summed E-state index contributed by atoms with van der Waals surface area (Å²) in [6.45, 7) is 0. The zero-order valence-electron chi connectivity index (χ0n) is 8.03. The lowest BCUT2D eigenvalue weighted by Gasteiger charge is -2.03. The summed E-state index contributed by atoms with van der Waals surface area (Å²) in [7, 11) is 0. The Bertz CT molecular complexity index is 488. The van der Waals surface area contributed by atoms with Crippen molar-refractivity contribution in [1.29, 1.82) is 0 Å². The third-order valence-corrected chi connectivity index (χ3v) is 2.85. The van der Waals surface area contributed by atoms with Crippen molar-refractivity contribution in [2.24, 2.45) is 15.2 Å². The number of rotatable bonds is 1. The third-order valence-electron chi connectivity index (χ3n) is 2.07. The van der Waals surface area contributed by atoms with E-state index in [9.17, 15) is 0 Å². The molecule has 0 saturated carbocycles. The molecule has 0 amide bonds. The Morgan fingerprint density at radius 1 is 1.19 bits per heavy atom. The monoisotopic (exact) mass is 274 g/mol. The van der Waals surface area contributed by atoms with Gasteiger partial charge < -0.3 is 0 Å². The molecule has 0 bridgehead atoms. The van der Waals surface area contributed by atoms with Crippen molar-refractivity contribution >= 4 is 53.8 Å². The van der Waals surface area contributed by atoms with Gasteiger partial charge >= 0.3 is 0 Å². The van der Waals surface area contributed by atoms with Gasteiger partial charge in [0.15, 0.2) is 0 Å². The topological polar surface area (TPSA) is 50.0 Å². The van der Waals surface area contributed by atoms with E-state index in [4.69, 9.17) is 0 Å². The van der Waals surface area contributed by atoms with Crippen LogP contribution in [0, 0.1) is 0 Å². The van der Waals surface area contributed by atoms with Gasteiger partial charge in [0.25, 0.3) is 0 Å². The molecule has 3 heterocycles. The van der Waals surface area contributed by atoms with Crippen molar-refractivity contribution in [3.8, 4) is 0 Å². The van der Waals surface area contributed by atoms with Crippen LogP contribution in [0.4, 0.5) is 0 Å². The van der Waals surface area contributed by atoms with Gasteiger partial charge in [-0.1, -0.05) is 0 Å². The predicted molar refractivity (Wildman–Crippen MR) is 71.8 cm³/mol. The molecule has 84 valence electrons. The van der Waals surface area contributed by atoms with Crippen molar-refractivity contribution in [2.45, 2.75) is 6.42 Å². The molecule has 0 atom stereocenters. The largest absolute Gasteiger partial charge is 0.268 e. The van der Waals surface area contributed by atoms with Crippen LogP contribution < -0.4 is 0 Å². The first-order valence-corrected chi connectivity index (χ1v) is 5.10. The maximum Gasteiger partial charge on any atom is 0.144 e. The van der Waals surface area contributed by atoms with Gasteiger partial charge in [0.2, 0.25) is 0 Å². The summed E-state index contributed by atoms with van der Waals surface area (Å²) in [6, 6.07) is 0. The lowest BCUT2D eigenvalue weighted by molar-refractivity contribution is 1.25. The summed E-state index contributed by atoms with van der Waals surface area (Å²) in [4.78, 5) is 8.32. The number of allylic oxidation sites excluding steroid dienone is 1. The Morgan fingerprint density at radius 2 is 2.06 bits per heavy atom. The normalized spacial score (nSPS) is 16.4. The molecule has 7 heteroatoms. The second-order valence-corrected chi connectivity index (χ2v) is 3.81. The van der Waals surface area contributed by atoms with E-state index in [1.807, 2.05) is 11.6 Å². The molecular weight excluding hydrogens is 267 g/mol. The number of halogens is 2. The van der Waals surface area contributed by atoms with Crippen molar-refractivity contribution in [2.75, 3.05) is 0 Å². The molecule has 2 aliphatic heterocycles. The van der Waals surface area contributed by atoms with E-state index in [1.54, 1.807) is 23.7 Å². The van der Waals surface area contributed by atoms with E-state index in [0.717, 1.165) is 28.4 Å². The Morgan fingerprint density at radius 3 is 2.81 bits per heavy atom. The number of aromatic nitrogens is 1. The van der Waals surface area contributed by atoms with Crippen molar-refractivity contribution in [3.05, 3.63) is 28.4 Å². The SMILES string of the molecule is C1=NC=C2C(=NN=C2c2nccs2)C1.Cl.Cl. The number of aliphatic imine (C=N–C) groups is 1. The quantitative estimate of drug-likeness (QED) is 0.776. The number of hydrogen-bond acceptors (Lipinski definition) is 5. The number of nitrogens with zero attached hydrogens (tertiary/aromatic N) is 4. The van der Waals surface area contributed by atoms with Crippen molar-refractivity contribution in [3.63, 3.8) is 0 Å². The Balaban J connectivity index is 0.000000640. The zero-order chi connectivity index (χ0) is 9.38. The summed E-state index contributed by atoms with van der Waals surface area (Å²) in [5, 5.41) is 11.1. The summed E-state index contributed by atoms with van der Waals surface area (Å²) >= 11 is 1.57. The maximum absolute atomic E-state index is 4.21. The Kier molecular flexibility index (Phi) is 4.35. The first-order valence-electron chi connectivity index (χ1n) is 4.22. The van der Waals surface area contributed by atoms with Crippen LogP contribution in [0.15, 0.2) is 38.5 Å². The molecule has 16 heavy (non-hydrogen) atoms. The average Bonchev–Trinajstić information content (AvgIpc) is 2.85. The molecule has 3 rings (SSSR count). The van der Waals surface area contributed by atoms with Crippen molar-refractivity contribution < 1.29 is 0 Å². The van der Waals surface area contributed by atoms with Crippen molar-refractivity contribution in [1.82, 2.24) is 4.98 Å². The van der Waals surface area contributed by atoms with Crippen LogP contribution >= 0.6 is 36.2 Å². The standard InChI is InChI=1S/C9H6N4S.2ClH/c1-2-10-5-6-7(1)12-13-8(6)9-11-3-4-14-9;;/h2-5H,1H2;2*1H. The van der Waals surface area contributed by atoms with Crippen LogP contribution in [-0.4, -0.2) is 22.6 Å². The Hall–Kier alpha value is -1.04. The van der Waals surface area contributed by atoms with Crippen LogP contribution in [0.3, 0.4) is 0 Å². The van der Waals surface area contributed by atoms with Gasteiger partial charge in [-0.15, -0.1) is 41.3 Å². The van der Waals surface area contributed by atoms with Gasteiger partial charge in [0.05, 0.1) is 5.71 Å². The van der Waals surface area contributed by atoms with Crippen LogP contribution in [-0.2, 0) is 0 Å². The molecule has 4 nitrogen and oxygen atoms in total. The van der Waals surface area contributed by atoms with Crippen LogP contribution in [0.5, 0.6) is 0 Å². The van der Waals surface area contributed by atoms with Gasteiger partial charge in [-0.05, 0) is 0 Å². The molecule has 0 saturated heterocycles. The first-order chi connectivity index (χ1) is 6.95. The minimum absolute atomic E-state index is 0. The second-order valence-electron chi connectivity index (χ2n) is 2.91. The third kappa shape index (κ3) is 2.07. The highest BCUT2D eigenvalue weighted by molar-refractivity contribution is 7.12. The first kappa shape index (κ1) is 13.0. The van der Waals surface area contributed by atoms with Gasteiger partial charge in [0.1, 0.15) is 10.7 Å². The molecule has 0 aliphatic carbocycles. The highest BCUT2D eigenvalue weighted by atomic mass is 35.5. The minimum atomic E-state index is 0. The van der Waals surface area contributed by atoms with E-state index in [1.165, 1.54) is 0 Å². The fourth-order valence-electron chi connectivity index (χ4n) is 1.41. The average molecular weight is 275 g/mol. The smallest absolute Gasteiger partial charge is 0.144 e. The maximum atomic E-state index is 4.21. The molecule has 1 aromatic heterocycles. The van der Waals surface area contributed by atoms with Gasteiger partial charge in [-0.3, -0.25) is 4.99 Å². The molecule has 2 aliphatic rings. The van der Waals surface area contributed by atoms with Gasteiger partial charge in [0, 0.05) is 36.0 Å². The van der Waals surface area contributed by atoms with Crippen LogP contribution in [0.25, 0.3) is 0 Å². The molecule has 0 aromatic carbocycles. The van der Waals surface area contributed by atoms with E-state index in [0.29, 0.717) is 0 Å². The Labute approximate surface area is 109 Å². The summed E-state index contributed by atoms with van der Waals surface area (Å²) in [5.41, 5.74) is 2.86. The number of fused-ring (bicyclic) bond motifs is 1. The summed E-state index contributed by atoms with van der Waals surface area (Å²) in [5.74, 6) is 0. The van der Waals surface area contributed by atoms with E-state index < -0.39 is 0 Å². The molecule has 0 N–H and O–H groups in total. The molecule has 0 radical (unpaired) electrons. The highest BCUT2D eigenvalue weighted by Crippen LogP contribution is 2.21. The predicted octanol–water partition coefficient (Wildman–Crippen LogP) is 2.50. The van der Waals surface area contributed by atoms with Crippen LogP contribution in [0.2, 0.25) is 0 Å². The summed E-state index contributed by atoms with van der Waals surface area (Å²) in [6.07, 6.45) is 6.18. The molecule has 0 spiro atoms. The molecule has 1 aromatic rings. The van der Waals surface area contributed by atoms with Crippen LogP contribution in [0.1, 0.15) is 11.4 Å². The highest BCUT2D eigenvalue weighted by Gasteiger charge is 2.23. The second kappa shape index (κ2) is 5.34. The molecular formula is C9H8Cl2N4S. The lowest BCUT2D eigenvalue weighted by atomic mass is 10.0. The van der Waals surface area contributed by atoms with E-state index >= 15 is 0 Å². The summed E-state index contributed by atoms with van der Waals surface area (Å²) < 4.78 is 0. The number of thiazole rings is 1. The van der Waals surface area contributed by atoms with Gasteiger partial charge in [-0.2, -0.15) is 5.10 Å². The van der Waals surface area contributed by atoms with E-state index in [-0.39, 0.29) is 24.8 Å². The minimum Gasteiger partial charge on any atom is -0.268 e. The number of hydrogen-bond donors (Lipinski definition) is 0.